The molecule has 1 aromatic rings. The third-order valence-corrected chi connectivity index (χ3v) is 2.87. The second-order valence-corrected chi connectivity index (χ2v) is 3.85. The van der Waals surface area contributed by atoms with Crippen molar-refractivity contribution in [2.45, 2.75) is 25.4 Å². The Morgan fingerprint density at radius 2 is 2.43 bits per heavy atom. The Morgan fingerprint density at radius 1 is 1.57 bits per heavy atom. The fourth-order valence-corrected chi connectivity index (χ4v) is 2.07. The number of aryl methyl sites for hydroxylation is 1. The van der Waals surface area contributed by atoms with Crippen LogP contribution in [0.2, 0.25) is 0 Å². The summed E-state index contributed by atoms with van der Waals surface area (Å²) in [7, 11) is 0. The molecule has 1 N–H and O–H groups in total. The van der Waals surface area contributed by atoms with Crippen LogP contribution in [0.15, 0.2) is 18.5 Å². The number of pyridine rings is 1. The lowest BCUT2D eigenvalue weighted by molar-refractivity contribution is 0.231. The van der Waals surface area contributed by atoms with E-state index in [1.54, 1.807) is 6.20 Å². The summed E-state index contributed by atoms with van der Waals surface area (Å²) < 4.78 is 13.6. The van der Waals surface area contributed by atoms with Crippen LogP contribution in [0.1, 0.15) is 23.5 Å². The topological polar surface area (TPSA) is 24.9 Å². The molecule has 0 amide bonds. The molecular weight excluding hydrogens is 179 g/mol. The van der Waals surface area contributed by atoms with Gasteiger partial charge in [-0.25, -0.2) is 4.39 Å². The number of nitrogens with one attached hydrogen (secondary N) is 1. The summed E-state index contributed by atoms with van der Waals surface area (Å²) in [5.74, 6) is 0.0549. The highest BCUT2D eigenvalue weighted by Gasteiger charge is 2.26. The van der Waals surface area contributed by atoms with Crippen LogP contribution in [0, 0.1) is 6.92 Å². The van der Waals surface area contributed by atoms with Gasteiger partial charge in [-0.1, -0.05) is 0 Å². The molecule has 0 spiro atoms. The molecule has 1 aliphatic rings. The second-order valence-electron chi connectivity index (χ2n) is 3.85. The van der Waals surface area contributed by atoms with Gasteiger partial charge < -0.3 is 5.32 Å². The van der Waals surface area contributed by atoms with Crippen molar-refractivity contribution in [2.24, 2.45) is 0 Å². The van der Waals surface area contributed by atoms with Gasteiger partial charge in [-0.05, 0) is 37.1 Å². The van der Waals surface area contributed by atoms with Crippen molar-refractivity contribution in [1.82, 2.24) is 10.3 Å². The maximum Gasteiger partial charge on any atom is 0.119 e. The molecule has 1 saturated heterocycles. The Kier molecular flexibility index (Phi) is 2.77. The molecule has 2 heterocycles. The lowest BCUT2D eigenvalue weighted by Crippen LogP contribution is -2.36. The van der Waals surface area contributed by atoms with Gasteiger partial charge in [-0.3, -0.25) is 4.98 Å². The molecule has 2 unspecified atom stereocenters. The highest BCUT2D eigenvalue weighted by molar-refractivity contribution is 5.27. The van der Waals surface area contributed by atoms with Crippen molar-refractivity contribution >= 4 is 0 Å². The number of piperidine rings is 1. The lowest BCUT2D eigenvalue weighted by atomic mass is 9.87. The van der Waals surface area contributed by atoms with Gasteiger partial charge in [-0.15, -0.1) is 0 Å². The first kappa shape index (κ1) is 9.59. The molecule has 0 radical (unpaired) electrons. The molecule has 1 aromatic heterocycles. The minimum absolute atomic E-state index is 0.0549. The Labute approximate surface area is 83.6 Å². The highest BCUT2D eigenvalue weighted by Crippen LogP contribution is 2.29. The summed E-state index contributed by atoms with van der Waals surface area (Å²) >= 11 is 0. The number of hydrogen-bond donors (Lipinski definition) is 1. The molecule has 0 aliphatic carbocycles. The normalized spacial score (nSPS) is 27.6. The molecule has 0 bridgehead atoms. The summed E-state index contributed by atoms with van der Waals surface area (Å²) in [5, 5.41) is 3.06. The van der Waals surface area contributed by atoms with E-state index in [1.807, 2.05) is 19.2 Å². The van der Waals surface area contributed by atoms with Gasteiger partial charge in [0.25, 0.3) is 0 Å². The molecule has 2 nitrogen and oxygen atoms in total. The van der Waals surface area contributed by atoms with Crippen LogP contribution < -0.4 is 5.32 Å². The minimum Gasteiger partial charge on any atom is -0.314 e. The highest BCUT2D eigenvalue weighted by atomic mass is 19.1. The smallest absolute Gasteiger partial charge is 0.119 e. The van der Waals surface area contributed by atoms with Crippen LogP contribution >= 0.6 is 0 Å². The molecule has 3 heteroatoms. The molecular formula is C11H15FN2. The van der Waals surface area contributed by atoms with Crippen molar-refractivity contribution in [3.63, 3.8) is 0 Å². The number of halogens is 1. The van der Waals surface area contributed by atoms with E-state index < -0.39 is 6.17 Å². The number of rotatable bonds is 1. The maximum atomic E-state index is 13.6. The van der Waals surface area contributed by atoms with Gasteiger partial charge in [0.05, 0.1) is 0 Å². The quantitative estimate of drug-likeness (QED) is 0.737. The van der Waals surface area contributed by atoms with Crippen LogP contribution in [0.25, 0.3) is 0 Å². The molecule has 1 aliphatic heterocycles. The first-order valence-electron chi connectivity index (χ1n) is 5.04. The minimum atomic E-state index is -0.759. The van der Waals surface area contributed by atoms with Crippen molar-refractivity contribution in [3.05, 3.63) is 29.6 Å². The zero-order valence-corrected chi connectivity index (χ0v) is 8.33. The van der Waals surface area contributed by atoms with Crippen molar-refractivity contribution in [1.29, 1.82) is 0 Å². The average Bonchev–Trinajstić information content (AvgIpc) is 2.20. The Balaban J connectivity index is 2.25. The standard InChI is InChI=1S/C11H15FN2/c1-8-6-13-4-2-9(8)10-3-5-14-7-11(10)12/h2,4,6,10-11,14H,3,5,7H2,1H3. The van der Waals surface area contributed by atoms with E-state index >= 15 is 0 Å². The van der Waals surface area contributed by atoms with E-state index in [-0.39, 0.29) is 5.92 Å². The predicted octanol–water partition coefficient (Wildman–Crippen LogP) is 1.81. The van der Waals surface area contributed by atoms with Crippen molar-refractivity contribution < 1.29 is 4.39 Å². The first-order chi connectivity index (χ1) is 6.79. The Morgan fingerprint density at radius 3 is 3.14 bits per heavy atom. The lowest BCUT2D eigenvalue weighted by Gasteiger charge is -2.27. The van der Waals surface area contributed by atoms with Crippen molar-refractivity contribution in [3.8, 4) is 0 Å². The molecule has 14 heavy (non-hydrogen) atoms. The molecule has 0 saturated carbocycles. The monoisotopic (exact) mass is 194 g/mol. The molecule has 0 aromatic carbocycles. The number of alkyl halides is 1. The van der Waals surface area contributed by atoms with Gasteiger partial charge in [0, 0.05) is 24.9 Å². The molecule has 2 rings (SSSR count). The van der Waals surface area contributed by atoms with E-state index in [4.69, 9.17) is 0 Å². The summed E-state index contributed by atoms with van der Waals surface area (Å²) in [5.41, 5.74) is 2.22. The zero-order chi connectivity index (χ0) is 9.97. The SMILES string of the molecule is Cc1cnccc1C1CCNCC1F. The van der Waals surface area contributed by atoms with E-state index in [0.29, 0.717) is 6.54 Å². The second kappa shape index (κ2) is 4.05. The van der Waals surface area contributed by atoms with E-state index in [2.05, 4.69) is 10.3 Å². The number of hydrogen-bond acceptors (Lipinski definition) is 2. The van der Waals surface area contributed by atoms with Crippen molar-refractivity contribution in [2.75, 3.05) is 13.1 Å². The average molecular weight is 194 g/mol. The Bertz CT molecular complexity index is 314. The zero-order valence-electron chi connectivity index (χ0n) is 8.33. The summed E-state index contributed by atoms with van der Waals surface area (Å²) in [6, 6.07) is 1.94. The Hall–Kier alpha value is -0.960. The van der Waals surface area contributed by atoms with Gasteiger partial charge in [0.15, 0.2) is 0 Å². The number of nitrogens with zero attached hydrogens (tertiary/aromatic N) is 1. The third kappa shape index (κ3) is 1.77. The summed E-state index contributed by atoms with van der Waals surface area (Å²) in [6.45, 7) is 3.39. The van der Waals surface area contributed by atoms with E-state index in [9.17, 15) is 4.39 Å². The van der Waals surface area contributed by atoms with Crippen LogP contribution in [-0.2, 0) is 0 Å². The predicted molar refractivity (Wildman–Crippen MR) is 54.1 cm³/mol. The van der Waals surface area contributed by atoms with E-state index in [1.165, 1.54) is 0 Å². The third-order valence-electron chi connectivity index (χ3n) is 2.87. The van der Waals surface area contributed by atoms with E-state index in [0.717, 1.165) is 24.1 Å². The largest absolute Gasteiger partial charge is 0.314 e. The van der Waals surface area contributed by atoms with Gasteiger partial charge in [0.2, 0.25) is 0 Å². The first-order valence-corrected chi connectivity index (χ1v) is 5.04. The van der Waals surface area contributed by atoms with Crippen LogP contribution in [0.5, 0.6) is 0 Å². The fraction of sp³-hybridized carbons (Fsp3) is 0.545. The summed E-state index contributed by atoms with van der Waals surface area (Å²) in [4.78, 5) is 4.03. The summed E-state index contributed by atoms with van der Waals surface area (Å²) in [6.07, 6.45) is 3.68. The number of aromatic nitrogens is 1. The van der Waals surface area contributed by atoms with Gasteiger partial charge >= 0.3 is 0 Å². The van der Waals surface area contributed by atoms with Crippen LogP contribution in [0.3, 0.4) is 0 Å². The van der Waals surface area contributed by atoms with Gasteiger partial charge in [-0.2, -0.15) is 0 Å². The fourth-order valence-electron chi connectivity index (χ4n) is 2.07. The maximum absolute atomic E-state index is 13.6. The van der Waals surface area contributed by atoms with Gasteiger partial charge in [0.1, 0.15) is 6.17 Å². The molecule has 76 valence electrons. The molecule has 2 atom stereocenters. The molecule has 1 fully saturated rings. The van der Waals surface area contributed by atoms with Crippen LogP contribution in [0.4, 0.5) is 4.39 Å². The van der Waals surface area contributed by atoms with Crippen LogP contribution in [-0.4, -0.2) is 24.2 Å².